The van der Waals surface area contributed by atoms with Crippen molar-refractivity contribution in [2.24, 2.45) is 0 Å². The van der Waals surface area contributed by atoms with Crippen LogP contribution in [-0.4, -0.2) is 26.7 Å². The number of hydrogen-bond acceptors (Lipinski definition) is 5. The maximum absolute atomic E-state index is 12.9. The molecule has 0 radical (unpaired) electrons. The number of hydrogen-bond donors (Lipinski definition) is 1. The predicted octanol–water partition coefficient (Wildman–Crippen LogP) is 2.18. The molecule has 0 saturated carbocycles. The molecule has 32 heavy (non-hydrogen) atoms. The van der Waals surface area contributed by atoms with Crippen molar-refractivity contribution in [3.8, 4) is 0 Å². The zero-order chi connectivity index (χ0) is 22.7. The second kappa shape index (κ2) is 9.05. The standard InChI is InChI=1S/C24H24N4O4/c1-16-19(17(2)32-26-16)12-13-25-22(29)15-28-21-11-7-6-10-20(21)27(23(30)24(28)31)14-18-8-4-3-5-9-18/h3-11H,12-15H2,1-2H3,(H,25,29). The Balaban J connectivity index is 1.58. The minimum Gasteiger partial charge on any atom is -0.361 e. The van der Waals surface area contributed by atoms with E-state index in [4.69, 9.17) is 4.52 Å². The lowest BCUT2D eigenvalue weighted by molar-refractivity contribution is -0.121. The number of aryl methyl sites for hydroxylation is 2. The summed E-state index contributed by atoms with van der Waals surface area (Å²) in [7, 11) is 0. The fraction of sp³-hybridized carbons (Fsp3) is 0.250. The zero-order valence-electron chi connectivity index (χ0n) is 18.0. The van der Waals surface area contributed by atoms with Crippen LogP contribution in [0.3, 0.4) is 0 Å². The summed E-state index contributed by atoms with van der Waals surface area (Å²) in [6.07, 6.45) is 0.571. The Morgan fingerprint density at radius 2 is 1.56 bits per heavy atom. The number of para-hydroxylation sites is 2. The van der Waals surface area contributed by atoms with Gasteiger partial charge >= 0.3 is 11.1 Å². The molecule has 0 aliphatic heterocycles. The van der Waals surface area contributed by atoms with Gasteiger partial charge in [-0.15, -0.1) is 0 Å². The van der Waals surface area contributed by atoms with E-state index in [-0.39, 0.29) is 19.0 Å². The first-order valence-electron chi connectivity index (χ1n) is 10.4. The average Bonchev–Trinajstić information content (AvgIpc) is 3.12. The van der Waals surface area contributed by atoms with Crippen molar-refractivity contribution in [2.45, 2.75) is 33.4 Å². The highest BCUT2D eigenvalue weighted by Gasteiger charge is 2.16. The van der Waals surface area contributed by atoms with Crippen molar-refractivity contribution in [2.75, 3.05) is 6.54 Å². The summed E-state index contributed by atoms with van der Waals surface area (Å²) in [5, 5.41) is 6.72. The van der Waals surface area contributed by atoms with E-state index in [1.807, 2.05) is 50.2 Å². The lowest BCUT2D eigenvalue weighted by Crippen LogP contribution is -2.44. The van der Waals surface area contributed by atoms with Gasteiger partial charge in [-0.1, -0.05) is 47.6 Å². The molecule has 1 amide bonds. The van der Waals surface area contributed by atoms with Gasteiger partial charge in [0.15, 0.2) is 0 Å². The smallest absolute Gasteiger partial charge is 0.317 e. The molecule has 0 aliphatic carbocycles. The van der Waals surface area contributed by atoms with E-state index >= 15 is 0 Å². The molecule has 2 heterocycles. The van der Waals surface area contributed by atoms with Crippen LogP contribution in [0.5, 0.6) is 0 Å². The lowest BCUT2D eigenvalue weighted by atomic mass is 10.1. The number of carbonyl (C=O) groups excluding carboxylic acids is 1. The monoisotopic (exact) mass is 432 g/mol. The molecular weight excluding hydrogens is 408 g/mol. The second-order valence-electron chi connectivity index (χ2n) is 7.66. The summed E-state index contributed by atoms with van der Waals surface area (Å²) in [6, 6.07) is 16.6. The maximum atomic E-state index is 12.9. The summed E-state index contributed by atoms with van der Waals surface area (Å²) in [5.74, 6) is 0.380. The normalized spacial score (nSPS) is 11.1. The number of aromatic nitrogens is 3. The molecule has 0 fully saturated rings. The van der Waals surface area contributed by atoms with Crippen LogP contribution in [0.4, 0.5) is 0 Å². The number of nitrogens with one attached hydrogen (secondary N) is 1. The van der Waals surface area contributed by atoms with E-state index in [1.165, 1.54) is 9.13 Å². The highest BCUT2D eigenvalue weighted by atomic mass is 16.5. The SMILES string of the molecule is Cc1noc(C)c1CCNC(=O)Cn1c(=O)c(=O)n(Cc2ccccc2)c2ccccc21. The molecule has 4 rings (SSSR count). The van der Waals surface area contributed by atoms with Gasteiger partial charge in [0.1, 0.15) is 12.3 Å². The number of rotatable bonds is 7. The summed E-state index contributed by atoms with van der Waals surface area (Å²) < 4.78 is 7.83. The van der Waals surface area contributed by atoms with Gasteiger partial charge in [-0.25, -0.2) is 0 Å². The van der Waals surface area contributed by atoms with E-state index in [2.05, 4.69) is 10.5 Å². The van der Waals surface area contributed by atoms with Crippen molar-refractivity contribution in [1.29, 1.82) is 0 Å². The summed E-state index contributed by atoms with van der Waals surface area (Å²) in [4.78, 5) is 38.4. The largest absolute Gasteiger partial charge is 0.361 e. The van der Waals surface area contributed by atoms with Gasteiger partial charge < -0.3 is 9.84 Å². The highest BCUT2D eigenvalue weighted by molar-refractivity contribution is 5.80. The molecule has 0 bridgehead atoms. The minimum atomic E-state index is -0.722. The van der Waals surface area contributed by atoms with E-state index in [0.29, 0.717) is 24.0 Å². The van der Waals surface area contributed by atoms with E-state index < -0.39 is 11.1 Å². The summed E-state index contributed by atoms with van der Waals surface area (Å²) in [5.41, 5.74) is 2.42. The first-order valence-corrected chi connectivity index (χ1v) is 10.4. The van der Waals surface area contributed by atoms with Gasteiger partial charge in [-0.3, -0.25) is 23.5 Å². The molecule has 1 N–H and O–H groups in total. The van der Waals surface area contributed by atoms with E-state index in [0.717, 1.165) is 22.6 Å². The van der Waals surface area contributed by atoms with Gasteiger partial charge in [0.05, 0.1) is 23.3 Å². The lowest BCUT2D eigenvalue weighted by Gasteiger charge is -2.15. The number of nitrogens with zero attached hydrogens (tertiary/aromatic N) is 3. The Bertz CT molecular complexity index is 1360. The number of carbonyl (C=O) groups is 1. The number of benzene rings is 2. The third-order valence-electron chi connectivity index (χ3n) is 5.50. The van der Waals surface area contributed by atoms with E-state index in [9.17, 15) is 14.4 Å². The second-order valence-corrected chi connectivity index (χ2v) is 7.66. The Morgan fingerprint density at radius 3 is 2.22 bits per heavy atom. The van der Waals surface area contributed by atoms with Crippen LogP contribution < -0.4 is 16.4 Å². The molecule has 2 aromatic carbocycles. The van der Waals surface area contributed by atoms with Crippen LogP contribution in [0.25, 0.3) is 11.0 Å². The Kier molecular flexibility index (Phi) is 6.02. The van der Waals surface area contributed by atoms with Gasteiger partial charge in [0, 0.05) is 12.1 Å². The molecule has 4 aromatic rings. The minimum absolute atomic E-state index is 0.234. The van der Waals surface area contributed by atoms with Crippen molar-refractivity contribution >= 4 is 16.9 Å². The Labute approximate surface area is 184 Å². The average molecular weight is 432 g/mol. The van der Waals surface area contributed by atoms with Crippen LogP contribution in [0, 0.1) is 13.8 Å². The highest BCUT2D eigenvalue weighted by Crippen LogP contribution is 2.13. The van der Waals surface area contributed by atoms with E-state index in [1.54, 1.807) is 18.2 Å². The summed E-state index contributed by atoms with van der Waals surface area (Å²) in [6.45, 7) is 4.10. The van der Waals surface area contributed by atoms with Crippen LogP contribution >= 0.6 is 0 Å². The first kappa shape index (κ1) is 21.3. The number of amides is 1. The molecule has 8 nitrogen and oxygen atoms in total. The third-order valence-corrected chi connectivity index (χ3v) is 5.50. The quantitative estimate of drug-likeness (QED) is 0.451. The Hall–Kier alpha value is -3.94. The fourth-order valence-corrected chi connectivity index (χ4v) is 3.84. The van der Waals surface area contributed by atoms with Crippen molar-refractivity contribution in [3.63, 3.8) is 0 Å². The fourth-order valence-electron chi connectivity index (χ4n) is 3.84. The molecule has 0 unspecified atom stereocenters. The predicted molar refractivity (Wildman–Crippen MR) is 121 cm³/mol. The Morgan fingerprint density at radius 1 is 0.938 bits per heavy atom. The first-order chi connectivity index (χ1) is 15.5. The number of fused-ring (bicyclic) bond motifs is 1. The van der Waals surface area contributed by atoms with Gasteiger partial charge in [0.2, 0.25) is 5.91 Å². The topological polar surface area (TPSA) is 99.1 Å². The molecule has 164 valence electrons. The molecule has 0 atom stereocenters. The van der Waals surface area contributed by atoms with Crippen LogP contribution in [-0.2, 0) is 24.3 Å². The van der Waals surface area contributed by atoms with Crippen molar-refractivity contribution in [3.05, 3.63) is 97.9 Å². The molecule has 2 aromatic heterocycles. The van der Waals surface area contributed by atoms with Gasteiger partial charge in [0.25, 0.3) is 0 Å². The van der Waals surface area contributed by atoms with Crippen molar-refractivity contribution in [1.82, 2.24) is 19.6 Å². The molecule has 8 heteroatoms. The molecule has 0 aliphatic rings. The van der Waals surface area contributed by atoms with Crippen LogP contribution in [0.2, 0.25) is 0 Å². The van der Waals surface area contributed by atoms with Gasteiger partial charge in [-0.05, 0) is 38.0 Å². The van der Waals surface area contributed by atoms with Crippen LogP contribution in [0.1, 0.15) is 22.6 Å². The van der Waals surface area contributed by atoms with Crippen LogP contribution in [0.15, 0.2) is 68.7 Å². The zero-order valence-corrected chi connectivity index (χ0v) is 18.0. The summed E-state index contributed by atoms with van der Waals surface area (Å²) >= 11 is 0. The third kappa shape index (κ3) is 4.25. The maximum Gasteiger partial charge on any atom is 0.317 e. The van der Waals surface area contributed by atoms with Crippen molar-refractivity contribution < 1.29 is 9.32 Å². The molecule has 0 spiro atoms. The van der Waals surface area contributed by atoms with Gasteiger partial charge in [-0.2, -0.15) is 0 Å². The molecular formula is C24H24N4O4. The molecule has 0 saturated heterocycles.